The van der Waals surface area contributed by atoms with E-state index in [0.29, 0.717) is 35.7 Å². The number of nitrogens with zero attached hydrogens (tertiary/aromatic N) is 2. The van der Waals surface area contributed by atoms with Gasteiger partial charge in [0, 0.05) is 22.1 Å². The lowest BCUT2D eigenvalue weighted by Crippen LogP contribution is -2.85. The number of carbonyl (C=O) groups excluding carboxylic acids is 1. The molecular formula is C22H28N4O5S. The van der Waals surface area contributed by atoms with Crippen molar-refractivity contribution in [3.63, 3.8) is 0 Å². The molecule has 2 aliphatic heterocycles. The Morgan fingerprint density at radius 1 is 1.28 bits per heavy atom. The Hall–Kier alpha value is -1.85. The molecule has 1 unspecified atom stereocenters. The zero-order chi connectivity index (χ0) is 23.0. The van der Waals surface area contributed by atoms with Gasteiger partial charge in [0.15, 0.2) is 11.7 Å². The first-order valence-electron chi connectivity index (χ1n) is 11.0. The second kappa shape index (κ2) is 5.79. The molecule has 1 aromatic rings. The van der Waals surface area contributed by atoms with Crippen molar-refractivity contribution in [3.8, 4) is 0 Å². The van der Waals surface area contributed by atoms with E-state index >= 15 is 0 Å². The van der Waals surface area contributed by atoms with Gasteiger partial charge in [0.05, 0.1) is 18.4 Å². The summed E-state index contributed by atoms with van der Waals surface area (Å²) in [5, 5.41) is 35.4. The predicted molar refractivity (Wildman–Crippen MR) is 116 cm³/mol. The van der Waals surface area contributed by atoms with Crippen molar-refractivity contribution in [2.45, 2.75) is 56.5 Å². The molecule has 7 N–H and O–H groups in total. The molecule has 2 spiro atoms. The van der Waals surface area contributed by atoms with Crippen LogP contribution in [0.3, 0.4) is 0 Å². The van der Waals surface area contributed by atoms with Crippen molar-refractivity contribution in [1.82, 2.24) is 4.98 Å². The largest absolute Gasteiger partial charge is 0.391 e. The van der Waals surface area contributed by atoms with E-state index in [0.717, 1.165) is 4.88 Å². The number of ketones is 1. The SMILES string of the molecule is C=C1C(=O)[C@]23[C@H](O)[C@H]1CC[C@H]2[C@@]12COC3(O)[C@@H](O)[C@@H]1C(C)(C)Cc1sc(N=C(N)N)nc12. The normalized spacial score (nSPS) is 47.6. The Labute approximate surface area is 189 Å². The highest BCUT2D eigenvalue weighted by atomic mass is 32.1. The van der Waals surface area contributed by atoms with Crippen molar-refractivity contribution in [2.75, 3.05) is 6.61 Å². The van der Waals surface area contributed by atoms with Gasteiger partial charge in [0.2, 0.25) is 10.9 Å². The smallest absolute Gasteiger partial charge is 0.212 e. The van der Waals surface area contributed by atoms with E-state index in [9.17, 15) is 20.1 Å². The number of thiazole rings is 1. The molecule has 3 saturated carbocycles. The molecule has 32 heavy (non-hydrogen) atoms. The highest BCUT2D eigenvalue weighted by Gasteiger charge is 2.86. The summed E-state index contributed by atoms with van der Waals surface area (Å²) in [6.45, 7) is 8.15. The average Bonchev–Trinajstić information content (AvgIpc) is 3.12. The van der Waals surface area contributed by atoms with Gasteiger partial charge in [0.1, 0.15) is 11.5 Å². The van der Waals surface area contributed by atoms with E-state index in [4.69, 9.17) is 21.2 Å². The number of ether oxygens (including phenoxy) is 1. The second-order valence-electron chi connectivity index (χ2n) is 10.8. The molecule has 0 amide bonds. The number of aliphatic imine (C=N–C) groups is 1. The van der Waals surface area contributed by atoms with Crippen LogP contribution in [-0.2, 0) is 21.4 Å². The Morgan fingerprint density at radius 3 is 2.69 bits per heavy atom. The minimum absolute atomic E-state index is 0.0935. The number of Topliss-reactive ketones (excluding diaryl/α,β-unsaturated/α-hetero) is 1. The van der Waals surface area contributed by atoms with Crippen molar-refractivity contribution in [1.29, 1.82) is 0 Å². The number of carbonyl (C=O) groups is 1. The molecule has 4 aliphatic carbocycles. The first-order chi connectivity index (χ1) is 14.9. The fourth-order valence-corrected chi connectivity index (χ4v) is 9.52. The van der Waals surface area contributed by atoms with Crippen LogP contribution in [0.25, 0.3) is 0 Å². The van der Waals surface area contributed by atoms with Gasteiger partial charge >= 0.3 is 0 Å². The minimum Gasteiger partial charge on any atom is -0.391 e. The van der Waals surface area contributed by atoms with E-state index in [1.165, 1.54) is 11.3 Å². The number of nitrogens with two attached hydrogens (primary N) is 2. The number of aliphatic hydroxyl groups is 3. The summed E-state index contributed by atoms with van der Waals surface area (Å²) in [6, 6.07) is 0. The van der Waals surface area contributed by atoms with E-state index in [1.54, 1.807) is 0 Å². The van der Waals surface area contributed by atoms with Crippen molar-refractivity contribution < 1.29 is 24.9 Å². The lowest BCUT2D eigenvalue weighted by molar-refractivity contribution is -0.429. The molecule has 7 rings (SSSR count). The Bertz CT molecular complexity index is 1110. The molecule has 9 nitrogen and oxygen atoms in total. The number of guanidine groups is 1. The highest BCUT2D eigenvalue weighted by Crippen LogP contribution is 2.75. The Morgan fingerprint density at radius 2 is 2.00 bits per heavy atom. The molecule has 8 atom stereocenters. The number of fused-ring (bicyclic) bond motifs is 3. The summed E-state index contributed by atoms with van der Waals surface area (Å²) in [5.41, 5.74) is 9.23. The lowest BCUT2D eigenvalue weighted by atomic mass is 9.36. The fourth-order valence-electron chi connectivity index (χ4n) is 8.24. The molecule has 3 heterocycles. The van der Waals surface area contributed by atoms with Crippen LogP contribution >= 0.6 is 11.3 Å². The van der Waals surface area contributed by atoms with Crippen LogP contribution in [0, 0.1) is 28.6 Å². The second-order valence-corrected chi connectivity index (χ2v) is 11.9. The maximum absolute atomic E-state index is 13.7. The summed E-state index contributed by atoms with van der Waals surface area (Å²) in [6.07, 6.45) is -0.771. The number of aliphatic hydroxyl groups excluding tert-OH is 2. The molecule has 0 radical (unpaired) electrons. The molecule has 5 fully saturated rings. The molecular weight excluding hydrogens is 432 g/mol. The van der Waals surface area contributed by atoms with Gasteiger partial charge < -0.3 is 31.5 Å². The third-order valence-corrected chi connectivity index (χ3v) is 10.1. The maximum Gasteiger partial charge on any atom is 0.212 e. The van der Waals surface area contributed by atoms with E-state index < -0.39 is 57.8 Å². The highest BCUT2D eigenvalue weighted by molar-refractivity contribution is 7.15. The minimum atomic E-state index is -2.19. The third-order valence-electron chi connectivity index (χ3n) is 9.11. The fraction of sp³-hybridized carbons (Fsp3) is 0.682. The van der Waals surface area contributed by atoms with Crippen LogP contribution in [0.15, 0.2) is 17.1 Å². The summed E-state index contributed by atoms with van der Waals surface area (Å²) in [5.74, 6) is -4.04. The average molecular weight is 461 g/mol. The van der Waals surface area contributed by atoms with Crippen LogP contribution in [0.5, 0.6) is 0 Å². The zero-order valence-electron chi connectivity index (χ0n) is 18.0. The summed E-state index contributed by atoms with van der Waals surface area (Å²) < 4.78 is 6.02. The number of hydrogen-bond acceptors (Lipinski definition) is 8. The van der Waals surface area contributed by atoms with Crippen molar-refractivity contribution in [2.24, 2.45) is 45.0 Å². The molecule has 10 heteroatoms. The van der Waals surface area contributed by atoms with Gasteiger partial charge in [-0.1, -0.05) is 31.8 Å². The molecule has 0 aromatic carbocycles. The third kappa shape index (κ3) is 1.91. The van der Waals surface area contributed by atoms with Crippen LogP contribution < -0.4 is 11.5 Å². The van der Waals surface area contributed by atoms with Crippen LogP contribution in [0.1, 0.15) is 37.3 Å². The van der Waals surface area contributed by atoms with Crippen molar-refractivity contribution in [3.05, 3.63) is 22.7 Å². The van der Waals surface area contributed by atoms with Crippen molar-refractivity contribution >= 4 is 28.2 Å². The standard InChI is InChI=1S/C22H28N4O5S/c1-8-9-4-5-11-20-7-31-22(30,21(11,14(8)27)15(9)28)16(29)12(20)19(2,3)6-10-13(20)25-18(32-10)26-17(23)24/h9,11-12,15-16,28-30H,1,4-7H2,2-3H3,(H4,23,24,25,26)/t9-,11-,12+,15+,16-,20-,21-,22?/m0/s1. The number of hydrogen-bond donors (Lipinski definition) is 5. The lowest BCUT2D eigenvalue weighted by Gasteiger charge is -2.73. The van der Waals surface area contributed by atoms with Gasteiger partial charge in [-0.05, 0) is 36.2 Å². The molecule has 172 valence electrons. The van der Waals surface area contributed by atoms with E-state index in [2.05, 4.69) is 25.4 Å². The maximum atomic E-state index is 13.7. The molecule has 1 aromatic heterocycles. The summed E-state index contributed by atoms with van der Waals surface area (Å²) >= 11 is 1.39. The molecule has 4 bridgehead atoms. The van der Waals surface area contributed by atoms with Crippen LogP contribution in [0.4, 0.5) is 5.13 Å². The first-order valence-corrected chi connectivity index (χ1v) is 11.8. The van der Waals surface area contributed by atoms with E-state index in [1.807, 2.05) is 0 Å². The molecule has 2 saturated heterocycles. The number of rotatable bonds is 1. The van der Waals surface area contributed by atoms with Gasteiger partial charge in [-0.15, -0.1) is 0 Å². The quantitative estimate of drug-likeness (QED) is 0.223. The van der Waals surface area contributed by atoms with Gasteiger partial charge in [-0.3, -0.25) is 4.79 Å². The Balaban J connectivity index is 1.67. The van der Waals surface area contributed by atoms with E-state index in [-0.39, 0.29) is 12.6 Å². The van der Waals surface area contributed by atoms with Gasteiger partial charge in [-0.25, -0.2) is 4.98 Å². The summed E-state index contributed by atoms with van der Waals surface area (Å²) in [7, 11) is 0. The monoisotopic (exact) mass is 460 g/mol. The van der Waals surface area contributed by atoms with Crippen LogP contribution in [-0.4, -0.2) is 56.6 Å². The zero-order valence-corrected chi connectivity index (χ0v) is 18.9. The molecule has 6 aliphatic rings. The van der Waals surface area contributed by atoms with Crippen LogP contribution in [0.2, 0.25) is 0 Å². The summed E-state index contributed by atoms with van der Waals surface area (Å²) in [4.78, 5) is 23.6. The first kappa shape index (κ1) is 20.7. The number of aromatic nitrogens is 1. The topological polar surface area (TPSA) is 164 Å². The van der Waals surface area contributed by atoms with Gasteiger partial charge in [-0.2, -0.15) is 4.99 Å². The van der Waals surface area contributed by atoms with Gasteiger partial charge in [0.25, 0.3) is 0 Å². The predicted octanol–water partition coefficient (Wildman–Crippen LogP) is 0.0900. The Kier molecular flexibility index (Phi) is 3.75.